The molecule has 0 aromatic rings. The fraction of sp³-hybridized carbons (Fsp3) is 0.900. The summed E-state index contributed by atoms with van der Waals surface area (Å²) >= 11 is 0. The molecular formula is C10H19NO3. The van der Waals surface area contributed by atoms with E-state index < -0.39 is 5.97 Å². The van der Waals surface area contributed by atoms with Gasteiger partial charge in [0.15, 0.2) is 0 Å². The maximum atomic E-state index is 10.2. The highest BCUT2D eigenvalue weighted by atomic mass is 16.5. The highest BCUT2D eigenvalue weighted by Gasteiger charge is 2.18. The Labute approximate surface area is 84.8 Å². The van der Waals surface area contributed by atoms with Crippen molar-refractivity contribution in [3.63, 3.8) is 0 Å². The molecule has 0 aliphatic carbocycles. The number of likely N-dealkylation sites (tertiary alicyclic amines) is 1. The summed E-state index contributed by atoms with van der Waals surface area (Å²) in [6, 6.07) is 0.484. The lowest BCUT2D eigenvalue weighted by molar-refractivity contribution is -0.138. The summed E-state index contributed by atoms with van der Waals surface area (Å²) in [5.41, 5.74) is 0. The minimum atomic E-state index is -0.790. The van der Waals surface area contributed by atoms with Gasteiger partial charge in [0.05, 0.1) is 19.6 Å². The Bertz CT molecular complexity index is 184. The first-order valence-electron chi connectivity index (χ1n) is 5.20. The Morgan fingerprint density at radius 2 is 2.36 bits per heavy atom. The van der Waals surface area contributed by atoms with Gasteiger partial charge < -0.3 is 14.7 Å². The first-order chi connectivity index (χ1) is 6.70. The van der Waals surface area contributed by atoms with Crippen LogP contribution in [0, 0.1) is 0 Å². The fourth-order valence-electron chi connectivity index (χ4n) is 1.73. The molecule has 14 heavy (non-hydrogen) atoms. The summed E-state index contributed by atoms with van der Waals surface area (Å²) < 4.78 is 5.33. The third kappa shape index (κ3) is 4.07. The molecule has 0 bridgehead atoms. The Balaban J connectivity index is 2.07. The standard InChI is InChI=1S/C10H19NO3/c1-11-6-3-2-4-9(11)8-14-7-5-10(12)13/h9H,2-8H2,1H3,(H,12,13)/t9-/m0/s1. The SMILES string of the molecule is CN1CCCC[C@H]1COCCC(=O)O. The van der Waals surface area contributed by atoms with Crippen molar-refractivity contribution in [2.24, 2.45) is 0 Å². The summed E-state index contributed by atoms with van der Waals surface area (Å²) in [6.45, 7) is 2.14. The summed E-state index contributed by atoms with van der Waals surface area (Å²) in [5, 5.41) is 8.41. The van der Waals surface area contributed by atoms with E-state index in [1.807, 2.05) is 0 Å². The normalized spacial score (nSPS) is 23.6. The Morgan fingerprint density at radius 1 is 1.57 bits per heavy atom. The average Bonchev–Trinajstić information content (AvgIpc) is 2.15. The predicted octanol–water partition coefficient (Wildman–Crippen LogP) is 0.962. The summed E-state index contributed by atoms with van der Waals surface area (Å²) in [4.78, 5) is 12.5. The van der Waals surface area contributed by atoms with E-state index in [0.717, 1.165) is 6.54 Å². The molecule has 1 rings (SSSR count). The molecule has 0 spiro atoms. The van der Waals surface area contributed by atoms with E-state index >= 15 is 0 Å². The van der Waals surface area contributed by atoms with Crippen LogP contribution in [0.15, 0.2) is 0 Å². The van der Waals surface area contributed by atoms with Gasteiger partial charge in [-0.1, -0.05) is 6.42 Å². The van der Waals surface area contributed by atoms with Crippen LogP contribution >= 0.6 is 0 Å². The van der Waals surface area contributed by atoms with Gasteiger partial charge in [-0.3, -0.25) is 4.79 Å². The average molecular weight is 201 g/mol. The van der Waals surface area contributed by atoms with Crippen LogP contribution in [0.5, 0.6) is 0 Å². The zero-order chi connectivity index (χ0) is 10.4. The van der Waals surface area contributed by atoms with Gasteiger partial charge in [-0.05, 0) is 26.4 Å². The van der Waals surface area contributed by atoms with Gasteiger partial charge in [0, 0.05) is 6.04 Å². The molecule has 0 amide bonds. The minimum absolute atomic E-state index is 0.108. The van der Waals surface area contributed by atoms with Crippen molar-refractivity contribution >= 4 is 5.97 Å². The third-order valence-corrected chi connectivity index (χ3v) is 2.69. The molecule has 1 saturated heterocycles. The molecule has 1 heterocycles. The van der Waals surface area contributed by atoms with Crippen LogP contribution in [0.2, 0.25) is 0 Å². The van der Waals surface area contributed by atoms with E-state index in [1.165, 1.54) is 19.3 Å². The number of hydrogen-bond donors (Lipinski definition) is 1. The van der Waals surface area contributed by atoms with Crippen molar-refractivity contribution < 1.29 is 14.6 Å². The number of rotatable bonds is 5. The third-order valence-electron chi connectivity index (χ3n) is 2.69. The van der Waals surface area contributed by atoms with Gasteiger partial charge in [-0.25, -0.2) is 0 Å². The number of carbonyl (C=O) groups is 1. The monoisotopic (exact) mass is 201 g/mol. The molecule has 0 aromatic heterocycles. The molecule has 0 aromatic carbocycles. The second-order valence-electron chi connectivity index (χ2n) is 3.85. The summed E-state index contributed by atoms with van der Waals surface area (Å²) in [7, 11) is 2.10. The van der Waals surface area contributed by atoms with Crippen molar-refractivity contribution in [2.75, 3.05) is 26.8 Å². The van der Waals surface area contributed by atoms with Crippen LogP contribution in [-0.2, 0) is 9.53 Å². The minimum Gasteiger partial charge on any atom is -0.481 e. The Kier molecular flexibility index (Phi) is 4.90. The molecule has 1 fully saturated rings. The molecule has 1 N–H and O–H groups in total. The molecule has 0 unspecified atom stereocenters. The zero-order valence-corrected chi connectivity index (χ0v) is 8.74. The number of hydrogen-bond acceptors (Lipinski definition) is 3. The quantitative estimate of drug-likeness (QED) is 0.673. The van der Waals surface area contributed by atoms with Crippen LogP contribution in [0.4, 0.5) is 0 Å². The number of likely N-dealkylation sites (N-methyl/N-ethyl adjacent to an activating group) is 1. The van der Waals surface area contributed by atoms with Crippen LogP contribution < -0.4 is 0 Å². The number of ether oxygens (including phenoxy) is 1. The number of piperidine rings is 1. The van der Waals surface area contributed by atoms with Crippen LogP contribution in [-0.4, -0.2) is 48.8 Å². The fourth-order valence-corrected chi connectivity index (χ4v) is 1.73. The highest BCUT2D eigenvalue weighted by Crippen LogP contribution is 2.14. The van der Waals surface area contributed by atoms with E-state index in [9.17, 15) is 4.79 Å². The molecule has 1 aliphatic heterocycles. The van der Waals surface area contributed by atoms with E-state index in [0.29, 0.717) is 19.3 Å². The molecule has 82 valence electrons. The molecule has 1 aliphatic rings. The van der Waals surface area contributed by atoms with Crippen LogP contribution in [0.3, 0.4) is 0 Å². The number of carboxylic acids is 1. The summed E-state index contributed by atoms with van der Waals surface area (Å²) in [6.07, 6.45) is 3.80. The van der Waals surface area contributed by atoms with E-state index in [1.54, 1.807) is 0 Å². The lowest BCUT2D eigenvalue weighted by atomic mass is 10.0. The maximum Gasteiger partial charge on any atom is 0.305 e. The molecular weight excluding hydrogens is 182 g/mol. The van der Waals surface area contributed by atoms with E-state index in [2.05, 4.69) is 11.9 Å². The summed E-state index contributed by atoms with van der Waals surface area (Å²) in [5.74, 6) is -0.790. The van der Waals surface area contributed by atoms with Crippen molar-refractivity contribution in [1.82, 2.24) is 4.90 Å². The Morgan fingerprint density at radius 3 is 3.00 bits per heavy atom. The van der Waals surface area contributed by atoms with Crippen LogP contribution in [0.1, 0.15) is 25.7 Å². The molecule has 1 atom stereocenters. The zero-order valence-electron chi connectivity index (χ0n) is 8.74. The largest absolute Gasteiger partial charge is 0.481 e. The lowest BCUT2D eigenvalue weighted by Gasteiger charge is -2.32. The smallest absolute Gasteiger partial charge is 0.305 e. The topological polar surface area (TPSA) is 49.8 Å². The van der Waals surface area contributed by atoms with Crippen molar-refractivity contribution in [1.29, 1.82) is 0 Å². The van der Waals surface area contributed by atoms with Gasteiger partial charge in [0.2, 0.25) is 0 Å². The van der Waals surface area contributed by atoms with Gasteiger partial charge in [-0.15, -0.1) is 0 Å². The van der Waals surface area contributed by atoms with Crippen molar-refractivity contribution in [3.05, 3.63) is 0 Å². The second kappa shape index (κ2) is 5.98. The molecule has 4 heteroatoms. The van der Waals surface area contributed by atoms with Crippen molar-refractivity contribution in [3.8, 4) is 0 Å². The number of nitrogens with zero attached hydrogens (tertiary/aromatic N) is 1. The van der Waals surface area contributed by atoms with Gasteiger partial charge in [-0.2, -0.15) is 0 Å². The Hall–Kier alpha value is -0.610. The molecule has 0 radical (unpaired) electrons. The van der Waals surface area contributed by atoms with Crippen LogP contribution in [0.25, 0.3) is 0 Å². The molecule has 0 saturated carbocycles. The highest BCUT2D eigenvalue weighted by molar-refractivity contribution is 5.66. The van der Waals surface area contributed by atoms with Gasteiger partial charge in [0.1, 0.15) is 0 Å². The van der Waals surface area contributed by atoms with Gasteiger partial charge >= 0.3 is 5.97 Å². The first-order valence-corrected chi connectivity index (χ1v) is 5.20. The van der Waals surface area contributed by atoms with Crippen molar-refractivity contribution in [2.45, 2.75) is 31.7 Å². The molecule has 4 nitrogen and oxygen atoms in total. The number of aliphatic carboxylic acids is 1. The van der Waals surface area contributed by atoms with E-state index in [-0.39, 0.29) is 6.42 Å². The predicted molar refractivity (Wildman–Crippen MR) is 53.3 cm³/mol. The second-order valence-corrected chi connectivity index (χ2v) is 3.85. The maximum absolute atomic E-state index is 10.2. The van der Waals surface area contributed by atoms with Gasteiger partial charge in [0.25, 0.3) is 0 Å². The lowest BCUT2D eigenvalue weighted by Crippen LogP contribution is -2.39. The first kappa shape index (κ1) is 11.5. The number of carboxylic acid groups (broad SMARTS) is 1. The van der Waals surface area contributed by atoms with E-state index in [4.69, 9.17) is 9.84 Å².